The maximum Gasteiger partial charge on any atom is 0.226 e. The fraction of sp³-hybridized carbons (Fsp3) is 0.500. The Hall–Kier alpha value is -1.59. The number of nitrogens with one attached hydrogen (secondary N) is 2. The number of benzene rings is 1. The first kappa shape index (κ1) is 20.4. The van der Waals surface area contributed by atoms with Gasteiger partial charge in [-0.15, -0.1) is 12.4 Å². The van der Waals surface area contributed by atoms with E-state index in [1.165, 1.54) is 0 Å². The molecule has 1 aromatic carbocycles. The fourth-order valence-corrected chi connectivity index (χ4v) is 1.64. The highest BCUT2D eigenvalue weighted by molar-refractivity contribution is 5.92. The number of nitrogens with two attached hydrogens (primary N) is 1. The smallest absolute Gasteiger partial charge is 0.226 e. The van der Waals surface area contributed by atoms with Crippen LogP contribution in [0.15, 0.2) is 24.3 Å². The van der Waals surface area contributed by atoms with Gasteiger partial charge in [-0.3, -0.25) is 9.59 Å². The lowest BCUT2D eigenvalue weighted by Crippen LogP contribution is -2.25. The molecular weight excluding hydrogens is 302 g/mol. The minimum Gasteiger partial charge on any atom is -0.352 e. The average Bonchev–Trinajstić information content (AvgIpc) is 2.44. The SMILES string of the molecule is CC(N)CCC(=O)NCc1ccc(NC(=O)C(C)C)cc1.Cl. The lowest BCUT2D eigenvalue weighted by atomic mass is 10.1. The summed E-state index contributed by atoms with van der Waals surface area (Å²) < 4.78 is 0. The molecule has 0 saturated carbocycles. The number of hydrogen-bond donors (Lipinski definition) is 3. The highest BCUT2D eigenvalue weighted by Gasteiger charge is 2.07. The van der Waals surface area contributed by atoms with Crippen molar-refractivity contribution in [2.75, 3.05) is 5.32 Å². The topological polar surface area (TPSA) is 84.2 Å². The van der Waals surface area contributed by atoms with Gasteiger partial charge in [0.2, 0.25) is 11.8 Å². The van der Waals surface area contributed by atoms with Gasteiger partial charge >= 0.3 is 0 Å². The summed E-state index contributed by atoms with van der Waals surface area (Å²) in [6, 6.07) is 7.50. The molecular formula is C16H26ClN3O2. The van der Waals surface area contributed by atoms with Crippen molar-refractivity contribution < 1.29 is 9.59 Å². The van der Waals surface area contributed by atoms with Crippen LogP contribution >= 0.6 is 12.4 Å². The monoisotopic (exact) mass is 327 g/mol. The molecule has 124 valence electrons. The van der Waals surface area contributed by atoms with Crippen molar-refractivity contribution >= 4 is 29.9 Å². The summed E-state index contributed by atoms with van der Waals surface area (Å²) in [4.78, 5) is 23.1. The second-order valence-corrected chi connectivity index (χ2v) is 5.63. The van der Waals surface area contributed by atoms with Crippen molar-refractivity contribution in [3.63, 3.8) is 0 Å². The molecule has 0 aliphatic heterocycles. The molecule has 1 aromatic rings. The summed E-state index contributed by atoms with van der Waals surface area (Å²) in [7, 11) is 0. The third-order valence-electron chi connectivity index (χ3n) is 3.06. The summed E-state index contributed by atoms with van der Waals surface area (Å²) in [5, 5.41) is 5.68. The summed E-state index contributed by atoms with van der Waals surface area (Å²) in [6.45, 7) is 6.07. The van der Waals surface area contributed by atoms with Gasteiger partial charge in [0.05, 0.1) is 0 Å². The van der Waals surface area contributed by atoms with Gasteiger partial charge in [0.15, 0.2) is 0 Å². The molecule has 0 aliphatic rings. The van der Waals surface area contributed by atoms with Crippen LogP contribution in [0.1, 0.15) is 39.2 Å². The molecule has 4 N–H and O–H groups in total. The Labute approximate surface area is 138 Å². The van der Waals surface area contributed by atoms with Gasteiger partial charge in [0.25, 0.3) is 0 Å². The number of carbonyl (C=O) groups excluding carboxylic acids is 2. The van der Waals surface area contributed by atoms with Crippen LogP contribution in [0.5, 0.6) is 0 Å². The molecule has 5 nitrogen and oxygen atoms in total. The van der Waals surface area contributed by atoms with E-state index in [1.54, 1.807) is 0 Å². The molecule has 0 fully saturated rings. The Morgan fingerprint density at radius 3 is 2.23 bits per heavy atom. The van der Waals surface area contributed by atoms with Crippen molar-refractivity contribution in [3.8, 4) is 0 Å². The highest BCUT2D eigenvalue weighted by atomic mass is 35.5. The van der Waals surface area contributed by atoms with Crippen LogP contribution in [0.25, 0.3) is 0 Å². The Bertz CT molecular complexity index is 473. The molecule has 1 rings (SSSR count). The number of rotatable bonds is 7. The first-order chi connectivity index (χ1) is 9.88. The van der Waals surface area contributed by atoms with E-state index in [9.17, 15) is 9.59 Å². The van der Waals surface area contributed by atoms with Crippen molar-refractivity contribution in [2.45, 2.75) is 46.2 Å². The van der Waals surface area contributed by atoms with Gasteiger partial charge in [-0.1, -0.05) is 26.0 Å². The third kappa shape index (κ3) is 8.00. The lowest BCUT2D eigenvalue weighted by Gasteiger charge is -2.09. The van der Waals surface area contributed by atoms with Crippen LogP contribution in [0.4, 0.5) is 5.69 Å². The fourth-order valence-electron chi connectivity index (χ4n) is 1.64. The molecule has 0 bridgehead atoms. The minimum absolute atomic E-state index is 0. The molecule has 22 heavy (non-hydrogen) atoms. The largest absolute Gasteiger partial charge is 0.352 e. The van der Waals surface area contributed by atoms with E-state index in [0.717, 1.165) is 11.3 Å². The third-order valence-corrected chi connectivity index (χ3v) is 3.06. The van der Waals surface area contributed by atoms with Crippen LogP contribution in [-0.4, -0.2) is 17.9 Å². The van der Waals surface area contributed by atoms with E-state index in [2.05, 4.69) is 10.6 Å². The van der Waals surface area contributed by atoms with E-state index in [-0.39, 0.29) is 36.2 Å². The molecule has 6 heteroatoms. The molecule has 0 radical (unpaired) electrons. The summed E-state index contributed by atoms with van der Waals surface area (Å²) >= 11 is 0. The molecule has 2 amide bonds. The second-order valence-electron chi connectivity index (χ2n) is 5.63. The first-order valence-corrected chi connectivity index (χ1v) is 7.30. The number of halogens is 1. The van der Waals surface area contributed by atoms with E-state index in [4.69, 9.17) is 5.73 Å². The molecule has 0 heterocycles. The molecule has 0 aromatic heterocycles. The molecule has 0 spiro atoms. The van der Waals surface area contributed by atoms with Gasteiger partial charge in [-0.25, -0.2) is 0 Å². The van der Waals surface area contributed by atoms with Crippen LogP contribution in [0, 0.1) is 5.92 Å². The van der Waals surface area contributed by atoms with Crippen molar-refractivity contribution in [2.24, 2.45) is 11.7 Å². The van der Waals surface area contributed by atoms with Gasteiger partial charge < -0.3 is 16.4 Å². The molecule has 1 atom stereocenters. The first-order valence-electron chi connectivity index (χ1n) is 7.30. The maximum atomic E-state index is 11.6. The predicted molar refractivity (Wildman–Crippen MR) is 91.9 cm³/mol. The van der Waals surface area contributed by atoms with Crippen molar-refractivity contribution in [3.05, 3.63) is 29.8 Å². The van der Waals surface area contributed by atoms with Gasteiger partial charge in [-0.05, 0) is 31.0 Å². The Morgan fingerprint density at radius 1 is 1.14 bits per heavy atom. The quantitative estimate of drug-likeness (QED) is 0.719. The van der Waals surface area contributed by atoms with Crippen LogP contribution < -0.4 is 16.4 Å². The van der Waals surface area contributed by atoms with Crippen LogP contribution in [-0.2, 0) is 16.1 Å². The molecule has 1 unspecified atom stereocenters. The number of hydrogen-bond acceptors (Lipinski definition) is 3. The Morgan fingerprint density at radius 2 is 1.73 bits per heavy atom. The minimum atomic E-state index is -0.0473. The van der Waals surface area contributed by atoms with E-state index in [1.807, 2.05) is 45.0 Å². The zero-order chi connectivity index (χ0) is 15.8. The van der Waals surface area contributed by atoms with Crippen molar-refractivity contribution in [1.82, 2.24) is 5.32 Å². The standard InChI is InChI=1S/C16H25N3O2.ClH/c1-11(2)16(21)19-14-7-5-13(6-8-14)10-18-15(20)9-4-12(3)17;/h5-8,11-12H,4,9-10,17H2,1-3H3,(H,18,20)(H,19,21);1H. The molecule has 0 saturated heterocycles. The van der Waals surface area contributed by atoms with Crippen LogP contribution in [0.3, 0.4) is 0 Å². The Kier molecular flexibility index (Phi) is 9.45. The second kappa shape index (κ2) is 10.2. The average molecular weight is 328 g/mol. The van der Waals surface area contributed by atoms with Crippen molar-refractivity contribution in [1.29, 1.82) is 0 Å². The van der Waals surface area contributed by atoms with Gasteiger partial charge in [0, 0.05) is 30.6 Å². The lowest BCUT2D eigenvalue weighted by molar-refractivity contribution is -0.121. The number of amides is 2. The highest BCUT2D eigenvalue weighted by Crippen LogP contribution is 2.11. The summed E-state index contributed by atoms with van der Waals surface area (Å²) in [6.07, 6.45) is 1.13. The normalized spacial score (nSPS) is 11.5. The predicted octanol–water partition coefficient (Wildman–Crippen LogP) is 2.45. The van der Waals surface area contributed by atoms with E-state index in [0.29, 0.717) is 19.4 Å². The van der Waals surface area contributed by atoms with E-state index >= 15 is 0 Å². The maximum absolute atomic E-state index is 11.6. The summed E-state index contributed by atoms with van der Waals surface area (Å²) in [5.41, 5.74) is 7.37. The Balaban J connectivity index is 0.00000441. The van der Waals surface area contributed by atoms with Gasteiger partial charge in [-0.2, -0.15) is 0 Å². The van der Waals surface area contributed by atoms with Crippen LogP contribution in [0.2, 0.25) is 0 Å². The van der Waals surface area contributed by atoms with E-state index < -0.39 is 0 Å². The zero-order valence-electron chi connectivity index (χ0n) is 13.4. The van der Waals surface area contributed by atoms with Gasteiger partial charge in [0.1, 0.15) is 0 Å². The summed E-state index contributed by atoms with van der Waals surface area (Å²) in [5.74, 6) is -0.0506. The molecule has 0 aliphatic carbocycles. The number of anilines is 1. The zero-order valence-corrected chi connectivity index (χ0v) is 14.2. The number of carbonyl (C=O) groups is 2.